The molecule has 0 aromatic heterocycles. The fourth-order valence-corrected chi connectivity index (χ4v) is 1.71. The van der Waals surface area contributed by atoms with Gasteiger partial charge in [0.1, 0.15) is 6.61 Å². The van der Waals surface area contributed by atoms with Gasteiger partial charge in [0.05, 0.1) is 0 Å². The summed E-state index contributed by atoms with van der Waals surface area (Å²) in [5.74, 6) is -0.0827. The average molecular weight is 279 g/mol. The number of nitrogens with one attached hydrogen (secondary N) is 3. The van der Waals surface area contributed by atoms with Crippen molar-refractivity contribution in [1.82, 2.24) is 10.6 Å². The van der Waals surface area contributed by atoms with Crippen LogP contribution in [0.2, 0.25) is 0 Å². The van der Waals surface area contributed by atoms with Crippen LogP contribution in [0.3, 0.4) is 0 Å². The van der Waals surface area contributed by atoms with E-state index in [-0.39, 0.29) is 12.5 Å². The van der Waals surface area contributed by atoms with Gasteiger partial charge < -0.3 is 20.7 Å². The molecule has 0 aliphatic rings. The van der Waals surface area contributed by atoms with E-state index in [9.17, 15) is 4.79 Å². The molecule has 5 heteroatoms. The van der Waals surface area contributed by atoms with Crippen LogP contribution >= 0.6 is 0 Å². The Morgan fingerprint density at radius 2 is 1.90 bits per heavy atom. The summed E-state index contributed by atoms with van der Waals surface area (Å²) in [7, 11) is 1.51. The quantitative estimate of drug-likeness (QED) is 0.566. The van der Waals surface area contributed by atoms with E-state index in [0.717, 1.165) is 31.7 Å². The first-order valence-corrected chi connectivity index (χ1v) is 7.05. The number of anilines is 1. The van der Waals surface area contributed by atoms with Crippen LogP contribution in [0.1, 0.15) is 18.9 Å². The highest BCUT2D eigenvalue weighted by molar-refractivity contribution is 5.77. The van der Waals surface area contributed by atoms with Gasteiger partial charge in [0.25, 0.3) is 0 Å². The molecule has 5 nitrogen and oxygen atoms in total. The van der Waals surface area contributed by atoms with Crippen molar-refractivity contribution in [2.24, 2.45) is 0 Å². The number of carbonyl (C=O) groups is 1. The van der Waals surface area contributed by atoms with Crippen molar-refractivity contribution in [3.63, 3.8) is 0 Å². The van der Waals surface area contributed by atoms with Crippen LogP contribution in [0.5, 0.6) is 0 Å². The highest BCUT2D eigenvalue weighted by Gasteiger charge is 1.98. The first-order chi connectivity index (χ1) is 9.76. The Morgan fingerprint density at radius 3 is 2.55 bits per heavy atom. The summed E-state index contributed by atoms with van der Waals surface area (Å²) in [6, 6.07) is 8.39. The van der Waals surface area contributed by atoms with Gasteiger partial charge in [-0.3, -0.25) is 4.79 Å². The lowest BCUT2D eigenvalue weighted by molar-refractivity contribution is -0.124. The summed E-state index contributed by atoms with van der Waals surface area (Å²) in [5, 5.41) is 9.39. The minimum atomic E-state index is -0.0827. The summed E-state index contributed by atoms with van der Waals surface area (Å²) in [6.07, 6.45) is 1.12. The van der Waals surface area contributed by atoms with Gasteiger partial charge in [0, 0.05) is 39.0 Å². The Labute approximate surface area is 121 Å². The van der Waals surface area contributed by atoms with Crippen LogP contribution in [0.15, 0.2) is 24.3 Å². The van der Waals surface area contributed by atoms with E-state index >= 15 is 0 Å². The van der Waals surface area contributed by atoms with Gasteiger partial charge in [-0.1, -0.05) is 19.1 Å². The maximum Gasteiger partial charge on any atom is 0.246 e. The lowest BCUT2D eigenvalue weighted by Crippen LogP contribution is -2.33. The first kappa shape index (κ1) is 16.5. The molecule has 0 radical (unpaired) electrons. The maximum absolute atomic E-state index is 11.1. The predicted molar refractivity (Wildman–Crippen MR) is 81.8 cm³/mol. The lowest BCUT2D eigenvalue weighted by atomic mass is 10.2. The van der Waals surface area contributed by atoms with E-state index < -0.39 is 0 Å². The molecule has 0 saturated heterocycles. The average Bonchev–Trinajstić information content (AvgIpc) is 2.46. The zero-order valence-electron chi connectivity index (χ0n) is 12.4. The van der Waals surface area contributed by atoms with Crippen LogP contribution in [0.4, 0.5) is 5.69 Å². The summed E-state index contributed by atoms with van der Waals surface area (Å²) < 4.78 is 4.73. The number of hydrogen-bond acceptors (Lipinski definition) is 4. The third-order valence-corrected chi connectivity index (χ3v) is 2.76. The number of carbonyl (C=O) groups excluding carboxylic acids is 1. The fourth-order valence-electron chi connectivity index (χ4n) is 1.71. The largest absolute Gasteiger partial charge is 0.385 e. The smallest absolute Gasteiger partial charge is 0.246 e. The van der Waals surface area contributed by atoms with Crippen molar-refractivity contribution < 1.29 is 9.53 Å². The van der Waals surface area contributed by atoms with Crippen molar-refractivity contribution in [2.75, 3.05) is 38.7 Å². The Kier molecular flexibility index (Phi) is 8.42. The molecule has 0 atom stereocenters. The minimum Gasteiger partial charge on any atom is -0.385 e. The number of methoxy groups -OCH3 is 1. The van der Waals surface area contributed by atoms with Gasteiger partial charge in [0.15, 0.2) is 0 Å². The molecule has 0 aliphatic carbocycles. The third kappa shape index (κ3) is 7.11. The summed E-state index contributed by atoms with van der Waals surface area (Å²) in [6.45, 7) is 5.42. The zero-order valence-corrected chi connectivity index (χ0v) is 12.4. The number of rotatable bonds is 10. The van der Waals surface area contributed by atoms with E-state index in [1.54, 1.807) is 0 Å². The molecule has 0 heterocycles. The standard InChI is InChI=1S/C15H25N3O2/c1-3-8-17-14-6-4-13(5-7-14)11-16-9-10-18-15(19)12-20-2/h4-7,16-17H,3,8-12H2,1-2H3,(H,18,19). The highest BCUT2D eigenvalue weighted by Crippen LogP contribution is 2.09. The van der Waals surface area contributed by atoms with Crippen molar-refractivity contribution in [3.05, 3.63) is 29.8 Å². The molecule has 112 valence electrons. The number of ether oxygens (including phenoxy) is 1. The predicted octanol–water partition coefficient (Wildman–Crippen LogP) is 1.36. The van der Waals surface area contributed by atoms with E-state index in [0.29, 0.717) is 6.54 Å². The minimum absolute atomic E-state index is 0.0827. The SMILES string of the molecule is CCCNc1ccc(CNCCNC(=O)COC)cc1. The van der Waals surface area contributed by atoms with Crippen molar-refractivity contribution in [3.8, 4) is 0 Å². The molecule has 0 spiro atoms. The van der Waals surface area contributed by atoms with Crippen LogP contribution in [0.25, 0.3) is 0 Å². The molecule has 20 heavy (non-hydrogen) atoms. The van der Waals surface area contributed by atoms with Gasteiger partial charge in [-0.15, -0.1) is 0 Å². The number of hydrogen-bond donors (Lipinski definition) is 3. The van der Waals surface area contributed by atoms with E-state index in [1.807, 2.05) is 0 Å². The molecule has 0 bridgehead atoms. The molecule has 1 amide bonds. The van der Waals surface area contributed by atoms with E-state index in [4.69, 9.17) is 4.74 Å². The summed E-state index contributed by atoms with van der Waals surface area (Å²) in [4.78, 5) is 11.1. The molecule has 1 aromatic rings. The van der Waals surface area contributed by atoms with Gasteiger partial charge in [-0.25, -0.2) is 0 Å². The maximum atomic E-state index is 11.1. The monoisotopic (exact) mass is 279 g/mol. The van der Waals surface area contributed by atoms with Gasteiger partial charge in [-0.05, 0) is 24.1 Å². The summed E-state index contributed by atoms with van der Waals surface area (Å²) >= 11 is 0. The molecular formula is C15H25N3O2. The van der Waals surface area contributed by atoms with Gasteiger partial charge >= 0.3 is 0 Å². The van der Waals surface area contributed by atoms with Crippen molar-refractivity contribution in [1.29, 1.82) is 0 Å². The lowest BCUT2D eigenvalue weighted by Gasteiger charge is -2.08. The van der Waals surface area contributed by atoms with E-state index in [1.165, 1.54) is 12.7 Å². The second kappa shape index (κ2) is 10.2. The molecule has 0 fully saturated rings. The normalized spacial score (nSPS) is 10.3. The Balaban J connectivity index is 2.14. The van der Waals surface area contributed by atoms with Crippen LogP contribution in [-0.4, -0.2) is 39.3 Å². The molecular weight excluding hydrogens is 254 g/mol. The van der Waals surface area contributed by atoms with Gasteiger partial charge in [0.2, 0.25) is 5.91 Å². The fraction of sp³-hybridized carbons (Fsp3) is 0.533. The molecule has 3 N–H and O–H groups in total. The van der Waals surface area contributed by atoms with Crippen molar-refractivity contribution >= 4 is 11.6 Å². The Bertz CT molecular complexity index is 379. The molecule has 1 rings (SSSR count). The highest BCUT2D eigenvalue weighted by atomic mass is 16.5. The van der Waals surface area contributed by atoms with Crippen LogP contribution in [0, 0.1) is 0 Å². The second-order valence-corrected chi connectivity index (χ2v) is 4.58. The van der Waals surface area contributed by atoms with Gasteiger partial charge in [-0.2, -0.15) is 0 Å². The molecule has 0 aliphatic heterocycles. The Morgan fingerprint density at radius 1 is 1.15 bits per heavy atom. The molecule has 1 aromatic carbocycles. The van der Waals surface area contributed by atoms with E-state index in [2.05, 4.69) is 47.1 Å². The second-order valence-electron chi connectivity index (χ2n) is 4.58. The summed E-state index contributed by atoms with van der Waals surface area (Å²) in [5.41, 5.74) is 2.39. The Hall–Kier alpha value is -1.59. The first-order valence-electron chi connectivity index (χ1n) is 7.05. The number of amides is 1. The van der Waals surface area contributed by atoms with Crippen LogP contribution in [-0.2, 0) is 16.1 Å². The van der Waals surface area contributed by atoms with Crippen LogP contribution < -0.4 is 16.0 Å². The topological polar surface area (TPSA) is 62.4 Å². The van der Waals surface area contributed by atoms with Crippen molar-refractivity contribution in [2.45, 2.75) is 19.9 Å². The third-order valence-electron chi connectivity index (χ3n) is 2.76. The molecule has 0 saturated carbocycles. The molecule has 0 unspecified atom stereocenters. The number of benzene rings is 1. The zero-order chi connectivity index (χ0) is 14.6.